The number of rotatable bonds is 5. The molecule has 0 aliphatic rings. The van der Waals surface area contributed by atoms with E-state index in [0.717, 1.165) is 5.48 Å². The summed E-state index contributed by atoms with van der Waals surface area (Å²) in [4.78, 5) is 23.7. The Hall–Kier alpha value is -2.76. The van der Waals surface area contributed by atoms with Crippen LogP contribution in [0.15, 0.2) is 36.4 Å². The molecule has 0 saturated heterocycles. The first-order chi connectivity index (χ1) is 11.7. The van der Waals surface area contributed by atoms with E-state index in [0.29, 0.717) is 12.5 Å². The third-order valence-electron chi connectivity index (χ3n) is 3.29. The molecule has 6 nitrogen and oxygen atoms in total. The second-order valence-electron chi connectivity index (χ2n) is 5.26. The van der Waals surface area contributed by atoms with Crippen LogP contribution >= 0.6 is 0 Å². The van der Waals surface area contributed by atoms with Crippen molar-refractivity contribution in [1.82, 2.24) is 10.8 Å². The molecule has 4 N–H and O–H groups in total. The summed E-state index contributed by atoms with van der Waals surface area (Å²) >= 11 is 0. The molecule has 0 aliphatic heterocycles. The zero-order valence-electron chi connectivity index (χ0n) is 13.6. The van der Waals surface area contributed by atoms with Gasteiger partial charge in [0.1, 0.15) is 6.04 Å². The van der Waals surface area contributed by atoms with Crippen molar-refractivity contribution in [2.24, 2.45) is 0 Å². The van der Waals surface area contributed by atoms with Crippen LogP contribution in [0.4, 0.5) is 8.78 Å². The molecule has 0 heterocycles. The number of allylic oxidation sites excluding steroid dienone is 2. The average molecular weight is 352 g/mol. The first kappa shape index (κ1) is 20.3. The molecule has 0 spiro atoms. The predicted molar refractivity (Wildman–Crippen MR) is 85.9 cm³/mol. The van der Waals surface area contributed by atoms with Gasteiger partial charge in [-0.15, -0.1) is 0 Å². The molecule has 1 aromatic rings. The maximum Gasteiger partial charge on any atom is 0.269 e. The van der Waals surface area contributed by atoms with Gasteiger partial charge in [0.05, 0.1) is 0 Å². The minimum absolute atomic E-state index is 0.0670. The van der Waals surface area contributed by atoms with Crippen LogP contribution in [-0.4, -0.2) is 40.2 Å². The molecule has 0 aromatic heterocycles. The first-order valence-electron chi connectivity index (χ1n) is 7.22. The highest BCUT2D eigenvalue weighted by Crippen LogP contribution is 2.20. The Kier molecular flexibility index (Phi) is 7.23. The fourth-order valence-electron chi connectivity index (χ4n) is 1.80. The van der Waals surface area contributed by atoms with Crippen LogP contribution in [-0.2, 0) is 4.79 Å². The fourth-order valence-corrected chi connectivity index (χ4v) is 1.80. The van der Waals surface area contributed by atoms with Gasteiger partial charge in [0.2, 0.25) is 0 Å². The third-order valence-corrected chi connectivity index (χ3v) is 3.29. The van der Waals surface area contributed by atoms with Crippen molar-refractivity contribution in [3.63, 3.8) is 0 Å². The lowest BCUT2D eigenvalue weighted by molar-refractivity contribution is -0.149. The minimum atomic E-state index is -3.33. The Morgan fingerprint density at radius 2 is 1.88 bits per heavy atom. The van der Waals surface area contributed by atoms with E-state index in [9.17, 15) is 23.5 Å². The summed E-state index contributed by atoms with van der Waals surface area (Å²) in [5.41, 5.74) is -1.03. The molecule has 8 heteroatoms. The van der Waals surface area contributed by atoms with Crippen LogP contribution < -0.4 is 10.8 Å². The van der Waals surface area contributed by atoms with Crippen molar-refractivity contribution in [1.29, 1.82) is 0 Å². The molecule has 0 fully saturated rings. The molecule has 0 saturated carbocycles. The number of benzene rings is 1. The van der Waals surface area contributed by atoms with Gasteiger partial charge >= 0.3 is 0 Å². The molecular weight excluding hydrogens is 334 g/mol. The van der Waals surface area contributed by atoms with Gasteiger partial charge in [-0.2, -0.15) is 0 Å². The Morgan fingerprint density at radius 1 is 1.28 bits per heavy atom. The van der Waals surface area contributed by atoms with E-state index < -0.39 is 29.9 Å². The summed E-state index contributed by atoms with van der Waals surface area (Å²) in [6, 6.07) is 3.80. The summed E-state index contributed by atoms with van der Waals surface area (Å²) in [5.74, 6) is 3.33. The summed E-state index contributed by atoms with van der Waals surface area (Å²) in [6.45, 7) is 2.49. The summed E-state index contributed by atoms with van der Waals surface area (Å²) in [6.07, 6.45) is 0.0701. The summed E-state index contributed by atoms with van der Waals surface area (Å²) < 4.78 is 25.9. The maximum atomic E-state index is 12.9. The molecule has 2 amide bonds. The van der Waals surface area contributed by atoms with E-state index in [2.05, 4.69) is 11.8 Å². The van der Waals surface area contributed by atoms with E-state index in [1.165, 1.54) is 24.3 Å². The Labute approximate surface area is 143 Å². The van der Waals surface area contributed by atoms with Gasteiger partial charge in [0.25, 0.3) is 18.2 Å². The number of halogens is 2. The Balaban J connectivity index is 2.98. The Bertz CT molecular complexity index is 704. The normalized spacial score (nSPS) is 14.4. The number of amides is 2. The van der Waals surface area contributed by atoms with E-state index in [1.807, 2.05) is 12.2 Å². The maximum absolute atomic E-state index is 12.9. The first-order valence-corrected chi connectivity index (χ1v) is 7.22. The third kappa shape index (κ3) is 5.38. The quantitative estimate of drug-likeness (QED) is 0.364. The Morgan fingerprint density at radius 3 is 2.36 bits per heavy atom. The number of hydrogen-bond acceptors (Lipinski definition) is 4. The van der Waals surface area contributed by atoms with Gasteiger partial charge in [-0.3, -0.25) is 14.8 Å². The van der Waals surface area contributed by atoms with Crippen molar-refractivity contribution < 1.29 is 28.7 Å². The van der Waals surface area contributed by atoms with Gasteiger partial charge < -0.3 is 10.4 Å². The van der Waals surface area contributed by atoms with Crippen LogP contribution in [0, 0.1) is 11.8 Å². The number of alkyl halides is 2. The number of hydrogen-bond donors (Lipinski definition) is 4. The molecular formula is C17H18F2N2O4. The lowest BCUT2D eigenvalue weighted by Gasteiger charge is -2.30. The van der Waals surface area contributed by atoms with Crippen molar-refractivity contribution in [2.75, 3.05) is 0 Å². The largest absolute Gasteiger partial charge is 0.381 e. The zero-order valence-corrected chi connectivity index (χ0v) is 13.6. The number of hydroxylamine groups is 1. The number of carbonyl (C=O) groups is 2. The van der Waals surface area contributed by atoms with Crippen LogP contribution in [0.25, 0.3) is 0 Å². The van der Waals surface area contributed by atoms with Crippen LogP contribution in [0.5, 0.6) is 0 Å². The van der Waals surface area contributed by atoms with E-state index in [4.69, 9.17) is 5.21 Å². The van der Waals surface area contributed by atoms with Crippen LogP contribution in [0.2, 0.25) is 0 Å². The standard InChI is InChI=1S/C17H18F2N2O4/c1-3-4-5-6-11-7-9-12(10-8-11)14(22)20-13(15(23)21-25)17(2,24)16(18)19/h3-4,7-10,13,16,24-25H,1-2H3,(H,20,22)(H,21,23)/b4-3+. The van der Waals surface area contributed by atoms with Crippen molar-refractivity contribution in [3.8, 4) is 11.8 Å². The van der Waals surface area contributed by atoms with Gasteiger partial charge in [0, 0.05) is 11.1 Å². The zero-order chi connectivity index (χ0) is 19.0. The molecule has 0 radical (unpaired) electrons. The molecule has 2 unspecified atom stereocenters. The topological polar surface area (TPSA) is 98.7 Å². The van der Waals surface area contributed by atoms with Crippen LogP contribution in [0.3, 0.4) is 0 Å². The van der Waals surface area contributed by atoms with E-state index >= 15 is 0 Å². The highest BCUT2D eigenvalue weighted by Gasteiger charge is 2.46. The smallest absolute Gasteiger partial charge is 0.269 e. The second-order valence-corrected chi connectivity index (χ2v) is 5.26. The number of aliphatic hydroxyl groups is 1. The molecule has 134 valence electrons. The molecule has 25 heavy (non-hydrogen) atoms. The average Bonchev–Trinajstić information content (AvgIpc) is 2.59. The monoisotopic (exact) mass is 352 g/mol. The van der Waals surface area contributed by atoms with E-state index in [-0.39, 0.29) is 5.56 Å². The lowest BCUT2D eigenvalue weighted by atomic mass is 9.95. The SMILES string of the molecule is C/C=C/C#Cc1ccc(C(=O)NC(C(=O)NO)C(C)(O)C(F)F)cc1. The van der Waals surface area contributed by atoms with Gasteiger partial charge in [-0.25, -0.2) is 14.3 Å². The van der Waals surface area contributed by atoms with Crippen LogP contribution in [0.1, 0.15) is 29.8 Å². The van der Waals surface area contributed by atoms with Crippen molar-refractivity contribution in [2.45, 2.75) is 31.9 Å². The number of carbonyl (C=O) groups excluding carboxylic acids is 2. The van der Waals surface area contributed by atoms with Gasteiger partial charge in [-0.05, 0) is 44.2 Å². The predicted octanol–water partition coefficient (Wildman–Crippen LogP) is 1.23. The lowest BCUT2D eigenvalue weighted by Crippen LogP contribution is -2.61. The molecule has 0 aliphatic carbocycles. The van der Waals surface area contributed by atoms with Gasteiger partial charge in [-0.1, -0.05) is 17.9 Å². The summed E-state index contributed by atoms with van der Waals surface area (Å²) in [5, 5.41) is 20.4. The van der Waals surface area contributed by atoms with Crippen molar-refractivity contribution >= 4 is 11.8 Å². The number of nitrogens with one attached hydrogen (secondary N) is 2. The van der Waals surface area contributed by atoms with Crippen molar-refractivity contribution in [3.05, 3.63) is 47.5 Å². The van der Waals surface area contributed by atoms with Gasteiger partial charge in [0.15, 0.2) is 5.60 Å². The molecule has 2 atom stereocenters. The molecule has 1 rings (SSSR count). The molecule has 1 aromatic carbocycles. The minimum Gasteiger partial charge on any atom is -0.381 e. The molecule has 0 bridgehead atoms. The van der Waals surface area contributed by atoms with E-state index in [1.54, 1.807) is 12.2 Å². The fraction of sp³-hybridized carbons (Fsp3) is 0.294. The highest BCUT2D eigenvalue weighted by molar-refractivity contribution is 5.97. The second kappa shape index (κ2) is 8.92. The highest BCUT2D eigenvalue weighted by atomic mass is 19.3. The summed E-state index contributed by atoms with van der Waals surface area (Å²) in [7, 11) is 0.